The zero-order valence-corrected chi connectivity index (χ0v) is 23.1. The van der Waals surface area contributed by atoms with Gasteiger partial charge in [0.1, 0.15) is 23.6 Å². The van der Waals surface area contributed by atoms with Crippen molar-refractivity contribution in [3.05, 3.63) is 87.7 Å². The lowest BCUT2D eigenvalue weighted by atomic mass is 9.63. The van der Waals surface area contributed by atoms with Crippen LogP contribution in [0.25, 0.3) is 0 Å². The summed E-state index contributed by atoms with van der Waals surface area (Å²) in [6.07, 6.45) is 0.359. The van der Waals surface area contributed by atoms with Crippen LogP contribution in [-0.4, -0.2) is 36.8 Å². The van der Waals surface area contributed by atoms with Gasteiger partial charge in [-0.2, -0.15) is 5.26 Å². The van der Waals surface area contributed by atoms with Crippen LogP contribution in [0.5, 0.6) is 5.75 Å². The summed E-state index contributed by atoms with van der Waals surface area (Å²) in [5, 5.41) is 22.9. The van der Waals surface area contributed by atoms with Crippen LogP contribution in [0.4, 0.5) is 15.8 Å². The summed E-state index contributed by atoms with van der Waals surface area (Å²) < 4.78 is 21.1. The number of amides is 1. The van der Waals surface area contributed by atoms with Crippen molar-refractivity contribution in [1.29, 1.82) is 5.26 Å². The number of carbonyl (C=O) groups excluding carboxylic acids is 1. The molecule has 5 rings (SSSR count). The fourth-order valence-electron chi connectivity index (χ4n) is 5.99. The van der Waals surface area contributed by atoms with E-state index in [-0.39, 0.29) is 24.1 Å². The zero-order chi connectivity index (χ0) is 27.9. The summed E-state index contributed by atoms with van der Waals surface area (Å²) in [5.41, 5.74) is 0.269. The smallest absolute Gasteiger partial charge is 0.244 e. The molecule has 202 valence electrons. The predicted octanol–water partition coefficient (Wildman–Crippen LogP) is 6.12. The van der Waals surface area contributed by atoms with E-state index < -0.39 is 28.6 Å². The van der Waals surface area contributed by atoms with Crippen molar-refractivity contribution < 1.29 is 19.0 Å². The number of ether oxygens (including phenoxy) is 1. The van der Waals surface area contributed by atoms with Crippen LogP contribution in [0.1, 0.15) is 37.3 Å². The summed E-state index contributed by atoms with van der Waals surface area (Å²) in [4.78, 5) is 16.5. The third-order valence-electron chi connectivity index (χ3n) is 7.70. The summed E-state index contributed by atoms with van der Waals surface area (Å²) in [5.74, 6) is -0.842. The monoisotopic (exact) mass is 567 g/mol. The van der Waals surface area contributed by atoms with E-state index in [9.17, 15) is 10.1 Å². The lowest BCUT2D eigenvalue weighted by molar-refractivity contribution is -0.123. The molecule has 2 heterocycles. The maximum atomic E-state index is 15.6. The van der Waals surface area contributed by atoms with Gasteiger partial charge in [-0.25, -0.2) is 4.39 Å². The van der Waals surface area contributed by atoms with Crippen molar-refractivity contribution in [3.63, 3.8) is 0 Å². The molecule has 6 nitrogen and oxygen atoms in total. The summed E-state index contributed by atoms with van der Waals surface area (Å²) >= 11 is 12.7. The Kier molecular flexibility index (Phi) is 7.34. The first-order valence-corrected chi connectivity index (χ1v) is 13.5. The predicted molar refractivity (Wildman–Crippen MR) is 149 cm³/mol. The van der Waals surface area contributed by atoms with Gasteiger partial charge in [0.2, 0.25) is 5.91 Å². The number of halogens is 3. The number of rotatable bonds is 7. The molecule has 1 fully saturated rings. The normalized spacial score (nSPS) is 22.3. The highest BCUT2D eigenvalue weighted by atomic mass is 35.5. The third-order valence-corrected chi connectivity index (χ3v) is 8.23. The number of nitrogens with zero attached hydrogens (tertiary/aromatic N) is 2. The molecule has 0 aromatic heterocycles. The SMILES string of the molecule is CC(C)(C#N)C[C@@H]1NC[C@H](c2cccc(Cl)c2F)[C@]12C(=O)N(c1ccc(OCCO)cc1)c1cc(Cl)ccc12. The maximum absolute atomic E-state index is 15.6. The number of hydrogen-bond acceptors (Lipinski definition) is 5. The Balaban J connectivity index is 1.72. The standard InChI is InChI=1S/C30H28Cl2FN3O3/c1-29(2,17-34)15-26-30(23(16-35-26)21-4-3-5-24(32)27(21)33)22-11-6-18(31)14-25(22)36(28(30)38)19-7-9-20(10-8-19)39-13-12-37/h3-11,14,23,26,35,37H,12-13,15-16H2,1-2H3/t23-,26+,30+/m1/s1. The first-order chi connectivity index (χ1) is 18.6. The van der Waals surface area contributed by atoms with E-state index in [0.717, 1.165) is 0 Å². The first-order valence-electron chi connectivity index (χ1n) is 12.7. The minimum Gasteiger partial charge on any atom is -0.491 e. The van der Waals surface area contributed by atoms with E-state index in [4.69, 9.17) is 33.0 Å². The minimum atomic E-state index is -1.23. The molecule has 3 aromatic rings. The number of nitriles is 1. The molecule has 1 spiro atoms. The molecule has 0 bridgehead atoms. The second-order valence-electron chi connectivity index (χ2n) is 10.6. The van der Waals surface area contributed by atoms with Crippen molar-refractivity contribution in [3.8, 4) is 11.8 Å². The molecule has 0 unspecified atom stereocenters. The number of anilines is 2. The van der Waals surface area contributed by atoms with Gasteiger partial charge in [-0.3, -0.25) is 9.69 Å². The molecule has 2 N–H and O–H groups in total. The Hall–Kier alpha value is -3.15. The van der Waals surface area contributed by atoms with Crippen molar-refractivity contribution in [1.82, 2.24) is 5.32 Å². The number of hydrogen-bond donors (Lipinski definition) is 2. The second-order valence-corrected chi connectivity index (χ2v) is 11.4. The van der Waals surface area contributed by atoms with Crippen LogP contribution in [-0.2, 0) is 10.2 Å². The van der Waals surface area contributed by atoms with Gasteiger partial charge in [-0.15, -0.1) is 0 Å². The number of benzene rings is 3. The molecule has 2 aliphatic heterocycles. The van der Waals surface area contributed by atoms with Gasteiger partial charge >= 0.3 is 0 Å². The Bertz CT molecular complexity index is 1460. The van der Waals surface area contributed by atoms with Crippen LogP contribution in [0.2, 0.25) is 10.0 Å². The topological polar surface area (TPSA) is 85.6 Å². The molecular formula is C30H28Cl2FN3O3. The molecule has 1 saturated heterocycles. The fraction of sp³-hybridized carbons (Fsp3) is 0.333. The molecule has 0 aliphatic carbocycles. The van der Waals surface area contributed by atoms with Crippen LogP contribution >= 0.6 is 23.2 Å². The van der Waals surface area contributed by atoms with Gasteiger partial charge < -0.3 is 15.2 Å². The van der Waals surface area contributed by atoms with Gasteiger partial charge in [-0.1, -0.05) is 41.4 Å². The van der Waals surface area contributed by atoms with Crippen LogP contribution in [0.3, 0.4) is 0 Å². The molecule has 9 heteroatoms. The Morgan fingerprint density at radius 1 is 1.21 bits per heavy atom. The van der Waals surface area contributed by atoms with E-state index in [0.29, 0.717) is 46.2 Å². The second kappa shape index (κ2) is 10.4. The molecule has 3 atom stereocenters. The molecular weight excluding hydrogens is 540 g/mol. The van der Waals surface area contributed by atoms with Crippen LogP contribution in [0, 0.1) is 22.6 Å². The highest BCUT2D eigenvalue weighted by molar-refractivity contribution is 6.31. The summed E-state index contributed by atoms with van der Waals surface area (Å²) in [6.45, 7) is 4.02. The van der Waals surface area contributed by atoms with Crippen molar-refractivity contribution >= 4 is 40.5 Å². The molecule has 0 radical (unpaired) electrons. The largest absolute Gasteiger partial charge is 0.491 e. The van der Waals surface area contributed by atoms with Crippen molar-refractivity contribution in [2.45, 2.75) is 37.6 Å². The fourth-order valence-corrected chi connectivity index (χ4v) is 6.34. The van der Waals surface area contributed by atoms with Gasteiger partial charge in [0, 0.05) is 29.2 Å². The number of aliphatic hydroxyl groups is 1. The zero-order valence-electron chi connectivity index (χ0n) is 21.5. The van der Waals surface area contributed by atoms with Crippen LogP contribution in [0.15, 0.2) is 60.7 Å². The van der Waals surface area contributed by atoms with Gasteiger partial charge in [-0.05, 0) is 73.9 Å². The maximum Gasteiger partial charge on any atom is 0.244 e. The number of carbonyl (C=O) groups is 1. The average Bonchev–Trinajstić information content (AvgIpc) is 3.40. The molecule has 3 aromatic carbocycles. The molecule has 1 amide bonds. The number of aliphatic hydroxyl groups excluding tert-OH is 1. The Morgan fingerprint density at radius 3 is 2.64 bits per heavy atom. The van der Waals surface area contributed by atoms with E-state index >= 15 is 4.39 Å². The third kappa shape index (κ3) is 4.56. The highest BCUT2D eigenvalue weighted by Crippen LogP contribution is 2.58. The van der Waals surface area contributed by atoms with Crippen molar-refractivity contribution in [2.24, 2.45) is 5.41 Å². The van der Waals surface area contributed by atoms with E-state index in [2.05, 4.69) is 11.4 Å². The lowest BCUT2D eigenvalue weighted by Gasteiger charge is -2.37. The van der Waals surface area contributed by atoms with Crippen molar-refractivity contribution in [2.75, 3.05) is 24.7 Å². The molecule has 39 heavy (non-hydrogen) atoms. The summed E-state index contributed by atoms with van der Waals surface area (Å²) in [7, 11) is 0. The lowest BCUT2D eigenvalue weighted by Crippen LogP contribution is -2.51. The Labute approximate surface area is 236 Å². The van der Waals surface area contributed by atoms with Gasteiger partial charge in [0.05, 0.1) is 28.8 Å². The van der Waals surface area contributed by atoms with E-state index in [1.165, 1.54) is 6.07 Å². The van der Waals surface area contributed by atoms with Gasteiger partial charge in [0.15, 0.2) is 0 Å². The quantitative estimate of drug-likeness (QED) is 0.359. The summed E-state index contributed by atoms with van der Waals surface area (Å²) in [6, 6.07) is 19.0. The van der Waals surface area contributed by atoms with E-state index in [1.54, 1.807) is 53.4 Å². The minimum absolute atomic E-state index is 0.0134. The van der Waals surface area contributed by atoms with Gasteiger partial charge in [0.25, 0.3) is 0 Å². The molecule has 0 saturated carbocycles. The number of fused-ring (bicyclic) bond motifs is 2. The van der Waals surface area contributed by atoms with E-state index in [1.807, 2.05) is 19.9 Å². The molecule has 2 aliphatic rings. The Morgan fingerprint density at radius 2 is 1.95 bits per heavy atom. The average molecular weight is 568 g/mol. The highest BCUT2D eigenvalue weighted by Gasteiger charge is 2.64. The number of nitrogens with one attached hydrogen (secondary N) is 1. The first kappa shape index (κ1) is 27.4. The van der Waals surface area contributed by atoms with Crippen LogP contribution < -0.4 is 15.0 Å².